The van der Waals surface area contributed by atoms with Crippen LogP contribution in [0.15, 0.2) is 84.2 Å². The predicted octanol–water partition coefficient (Wildman–Crippen LogP) is 6.00. The second kappa shape index (κ2) is 9.21. The Kier molecular flexibility index (Phi) is 6.35. The van der Waals surface area contributed by atoms with Gasteiger partial charge in [-0.3, -0.25) is 9.52 Å². The van der Waals surface area contributed by atoms with Crippen LogP contribution in [0.25, 0.3) is 32.7 Å². The normalized spacial score (nSPS) is 11.5. The SMILES string of the molecule is CC(C)S(=O)(=O)Nc1ccsc1-c1cc(-c2ccccc2C(N)=O)ccc1-c1ccccc1. The van der Waals surface area contributed by atoms with Gasteiger partial charge >= 0.3 is 0 Å². The Morgan fingerprint density at radius 3 is 2.24 bits per heavy atom. The maximum atomic E-state index is 12.6. The number of carbonyl (C=O) groups excluding carboxylic acids is 1. The van der Waals surface area contributed by atoms with Gasteiger partial charge in [0.15, 0.2) is 0 Å². The summed E-state index contributed by atoms with van der Waals surface area (Å²) in [5.41, 5.74) is 11.0. The molecule has 0 aliphatic heterocycles. The zero-order valence-corrected chi connectivity index (χ0v) is 19.9. The molecule has 33 heavy (non-hydrogen) atoms. The average molecular weight is 477 g/mol. The third kappa shape index (κ3) is 4.69. The number of amides is 1. The molecule has 0 saturated carbocycles. The number of sulfonamides is 1. The number of primary amides is 1. The smallest absolute Gasteiger partial charge is 0.249 e. The molecule has 3 N–H and O–H groups in total. The van der Waals surface area contributed by atoms with Gasteiger partial charge < -0.3 is 5.73 Å². The second-order valence-corrected chi connectivity index (χ2v) is 11.0. The van der Waals surface area contributed by atoms with Crippen molar-refractivity contribution in [3.8, 4) is 32.7 Å². The van der Waals surface area contributed by atoms with E-state index in [0.717, 1.165) is 32.7 Å². The van der Waals surface area contributed by atoms with E-state index in [1.54, 1.807) is 32.0 Å². The van der Waals surface area contributed by atoms with Crippen LogP contribution in [0.4, 0.5) is 5.69 Å². The van der Waals surface area contributed by atoms with Crippen molar-refractivity contribution in [2.75, 3.05) is 4.72 Å². The average Bonchev–Trinajstić information content (AvgIpc) is 3.26. The van der Waals surface area contributed by atoms with Gasteiger partial charge in [0.1, 0.15) is 0 Å². The Labute approximate surface area is 198 Å². The lowest BCUT2D eigenvalue weighted by molar-refractivity contribution is 0.100. The van der Waals surface area contributed by atoms with Crippen molar-refractivity contribution in [2.45, 2.75) is 19.1 Å². The number of benzene rings is 3. The Morgan fingerprint density at radius 2 is 1.55 bits per heavy atom. The van der Waals surface area contributed by atoms with E-state index in [-0.39, 0.29) is 0 Å². The highest BCUT2D eigenvalue weighted by Crippen LogP contribution is 2.42. The van der Waals surface area contributed by atoms with Crippen LogP contribution in [0.2, 0.25) is 0 Å². The van der Waals surface area contributed by atoms with Gasteiger partial charge in [0, 0.05) is 11.1 Å². The van der Waals surface area contributed by atoms with Gasteiger partial charge in [-0.15, -0.1) is 11.3 Å². The third-order valence-electron chi connectivity index (χ3n) is 5.39. The van der Waals surface area contributed by atoms with Gasteiger partial charge in [-0.25, -0.2) is 8.42 Å². The highest BCUT2D eigenvalue weighted by Gasteiger charge is 2.21. The molecule has 168 valence electrons. The fourth-order valence-electron chi connectivity index (χ4n) is 3.59. The van der Waals surface area contributed by atoms with E-state index in [2.05, 4.69) is 4.72 Å². The molecule has 5 nitrogen and oxygen atoms in total. The summed E-state index contributed by atoms with van der Waals surface area (Å²) in [6.07, 6.45) is 0. The van der Waals surface area contributed by atoms with Crippen LogP contribution < -0.4 is 10.5 Å². The molecular weight excluding hydrogens is 452 g/mol. The van der Waals surface area contributed by atoms with Gasteiger partial charge in [-0.1, -0.05) is 60.7 Å². The molecule has 0 atom stereocenters. The zero-order chi connectivity index (χ0) is 23.6. The molecule has 0 aliphatic rings. The molecule has 4 aromatic rings. The molecular formula is C26H24N2O3S2. The molecule has 0 bridgehead atoms. The number of hydrogen-bond acceptors (Lipinski definition) is 4. The van der Waals surface area contributed by atoms with Crippen molar-refractivity contribution in [1.82, 2.24) is 0 Å². The molecule has 0 saturated heterocycles. The Bertz CT molecular complexity index is 1410. The number of nitrogens with one attached hydrogen (secondary N) is 1. The monoisotopic (exact) mass is 476 g/mol. The molecule has 0 aliphatic carbocycles. The fraction of sp³-hybridized carbons (Fsp3) is 0.115. The van der Waals surface area contributed by atoms with Gasteiger partial charge in [-0.05, 0) is 59.7 Å². The first-order chi connectivity index (χ1) is 15.8. The van der Waals surface area contributed by atoms with Crippen molar-refractivity contribution in [1.29, 1.82) is 0 Å². The van der Waals surface area contributed by atoms with Crippen molar-refractivity contribution < 1.29 is 13.2 Å². The predicted molar refractivity (Wildman–Crippen MR) is 137 cm³/mol. The quantitative estimate of drug-likeness (QED) is 0.343. The standard InChI is InChI=1S/C26H24N2O3S2/c1-17(2)33(30,31)28-24-14-15-32-25(24)23-16-19(20-10-6-7-11-22(20)26(27)29)12-13-21(23)18-8-4-3-5-9-18/h3-17,28H,1-2H3,(H2,27,29). The molecule has 1 heterocycles. The minimum atomic E-state index is -3.51. The lowest BCUT2D eigenvalue weighted by Gasteiger charge is -2.16. The van der Waals surface area contributed by atoms with Crippen LogP contribution in [0.1, 0.15) is 24.2 Å². The summed E-state index contributed by atoms with van der Waals surface area (Å²) >= 11 is 1.46. The second-order valence-electron chi connectivity index (χ2n) is 7.90. The van der Waals surface area contributed by atoms with Crippen LogP contribution in [0, 0.1) is 0 Å². The lowest BCUT2D eigenvalue weighted by Crippen LogP contribution is -2.22. The summed E-state index contributed by atoms with van der Waals surface area (Å²) in [4.78, 5) is 12.8. The number of thiophene rings is 1. The first-order valence-electron chi connectivity index (χ1n) is 10.5. The summed E-state index contributed by atoms with van der Waals surface area (Å²) < 4.78 is 27.9. The van der Waals surface area contributed by atoms with E-state index in [1.165, 1.54) is 11.3 Å². The number of carbonyl (C=O) groups is 1. The van der Waals surface area contributed by atoms with Crippen LogP contribution in [-0.2, 0) is 10.0 Å². The van der Waals surface area contributed by atoms with Crippen molar-refractivity contribution in [3.63, 3.8) is 0 Å². The number of nitrogens with two attached hydrogens (primary N) is 1. The number of hydrogen-bond donors (Lipinski definition) is 2. The van der Waals surface area contributed by atoms with Gasteiger partial charge in [-0.2, -0.15) is 0 Å². The summed E-state index contributed by atoms with van der Waals surface area (Å²) in [5, 5.41) is 1.30. The summed E-state index contributed by atoms with van der Waals surface area (Å²) in [7, 11) is -3.51. The molecule has 3 aromatic carbocycles. The summed E-state index contributed by atoms with van der Waals surface area (Å²) in [6.45, 7) is 3.29. The highest BCUT2D eigenvalue weighted by atomic mass is 32.2. The van der Waals surface area contributed by atoms with E-state index in [0.29, 0.717) is 11.3 Å². The maximum Gasteiger partial charge on any atom is 0.249 e. The van der Waals surface area contributed by atoms with Gasteiger partial charge in [0.2, 0.25) is 15.9 Å². The largest absolute Gasteiger partial charge is 0.366 e. The maximum absolute atomic E-state index is 12.6. The minimum absolute atomic E-state index is 0.433. The summed E-state index contributed by atoms with van der Waals surface area (Å²) in [5.74, 6) is -0.499. The Morgan fingerprint density at radius 1 is 0.848 bits per heavy atom. The number of rotatable bonds is 7. The first-order valence-corrected chi connectivity index (χ1v) is 12.9. The molecule has 1 amide bonds. The topological polar surface area (TPSA) is 89.3 Å². The molecule has 0 spiro atoms. The fourth-order valence-corrected chi connectivity index (χ4v) is 5.25. The van der Waals surface area contributed by atoms with Crippen LogP contribution in [-0.4, -0.2) is 19.6 Å². The van der Waals surface area contributed by atoms with Crippen LogP contribution in [0.3, 0.4) is 0 Å². The van der Waals surface area contributed by atoms with E-state index < -0.39 is 21.2 Å². The molecule has 0 radical (unpaired) electrons. The van der Waals surface area contributed by atoms with Crippen molar-refractivity contribution >= 4 is 33.0 Å². The van der Waals surface area contributed by atoms with E-state index in [1.807, 2.05) is 66.0 Å². The molecule has 0 fully saturated rings. The van der Waals surface area contributed by atoms with Gasteiger partial charge in [0.25, 0.3) is 0 Å². The van der Waals surface area contributed by atoms with Crippen LogP contribution >= 0.6 is 11.3 Å². The van der Waals surface area contributed by atoms with E-state index >= 15 is 0 Å². The molecule has 1 aromatic heterocycles. The van der Waals surface area contributed by atoms with E-state index in [4.69, 9.17) is 5.73 Å². The molecule has 4 rings (SSSR count). The minimum Gasteiger partial charge on any atom is -0.366 e. The molecule has 7 heteroatoms. The lowest BCUT2D eigenvalue weighted by atomic mass is 9.92. The summed E-state index contributed by atoms with van der Waals surface area (Å²) in [6, 6.07) is 24.8. The Hall–Kier alpha value is -3.42. The van der Waals surface area contributed by atoms with E-state index in [9.17, 15) is 13.2 Å². The van der Waals surface area contributed by atoms with Crippen molar-refractivity contribution in [2.24, 2.45) is 5.73 Å². The highest BCUT2D eigenvalue weighted by molar-refractivity contribution is 7.93. The van der Waals surface area contributed by atoms with Crippen molar-refractivity contribution in [3.05, 3.63) is 89.8 Å². The Balaban J connectivity index is 1.93. The number of anilines is 1. The van der Waals surface area contributed by atoms with Gasteiger partial charge in [0.05, 0.1) is 15.8 Å². The third-order valence-corrected chi connectivity index (χ3v) is 8.08. The van der Waals surface area contributed by atoms with Crippen LogP contribution in [0.5, 0.6) is 0 Å². The molecule has 0 unspecified atom stereocenters. The first kappa shape index (κ1) is 22.8. The zero-order valence-electron chi connectivity index (χ0n) is 18.3.